The van der Waals surface area contributed by atoms with Gasteiger partial charge in [-0.2, -0.15) is 4.31 Å². The molecule has 2 N–H and O–H groups in total. The van der Waals surface area contributed by atoms with E-state index in [9.17, 15) is 8.42 Å². The van der Waals surface area contributed by atoms with Crippen molar-refractivity contribution in [1.82, 2.24) is 4.31 Å². The van der Waals surface area contributed by atoms with Gasteiger partial charge in [0.1, 0.15) is 5.75 Å². The van der Waals surface area contributed by atoms with Gasteiger partial charge in [-0.05, 0) is 37.0 Å². The van der Waals surface area contributed by atoms with Gasteiger partial charge >= 0.3 is 0 Å². The number of hydrogen-bond acceptors (Lipinski definition) is 4. The highest BCUT2D eigenvalue weighted by atomic mass is 35.5. The number of benzene rings is 1. The van der Waals surface area contributed by atoms with Gasteiger partial charge in [-0.15, -0.1) is 0 Å². The van der Waals surface area contributed by atoms with Gasteiger partial charge < -0.3 is 10.5 Å². The molecule has 1 aliphatic rings. The van der Waals surface area contributed by atoms with Crippen LogP contribution in [0.5, 0.6) is 5.75 Å². The number of sulfonamides is 1. The molecule has 2 rings (SSSR count). The molecule has 118 valence electrons. The van der Waals surface area contributed by atoms with E-state index in [-0.39, 0.29) is 16.0 Å². The smallest absolute Gasteiger partial charge is 0.243 e. The monoisotopic (exact) mass is 332 g/mol. The Bertz CT molecular complexity index is 606. The van der Waals surface area contributed by atoms with Gasteiger partial charge in [0.05, 0.1) is 17.0 Å². The fraction of sp³-hybridized carbons (Fsp3) is 0.571. The molecule has 0 aromatic heterocycles. The van der Waals surface area contributed by atoms with Crippen LogP contribution in [0.2, 0.25) is 5.02 Å². The zero-order chi connectivity index (χ0) is 15.6. The highest BCUT2D eigenvalue weighted by Crippen LogP contribution is 2.31. The molecule has 1 heterocycles. The summed E-state index contributed by atoms with van der Waals surface area (Å²) in [5.41, 5.74) is 5.75. The first-order valence-corrected chi connectivity index (χ1v) is 8.77. The summed E-state index contributed by atoms with van der Waals surface area (Å²) >= 11 is 6.04. The van der Waals surface area contributed by atoms with Crippen LogP contribution in [0, 0.1) is 5.92 Å². The maximum Gasteiger partial charge on any atom is 0.243 e. The minimum absolute atomic E-state index is 0.153. The Morgan fingerprint density at radius 1 is 1.48 bits per heavy atom. The molecule has 0 aliphatic carbocycles. The van der Waals surface area contributed by atoms with E-state index in [2.05, 4.69) is 6.92 Å². The molecule has 1 saturated heterocycles. The van der Waals surface area contributed by atoms with E-state index in [4.69, 9.17) is 22.1 Å². The fourth-order valence-corrected chi connectivity index (χ4v) is 4.71. The Balaban J connectivity index is 2.34. The van der Waals surface area contributed by atoms with Crippen LogP contribution >= 0.6 is 11.6 Å². The van der Waals surface area contributed by atoms with Crippen LogP contribution in [0.3, 0.4) is 0 Å². The molecule has 1 aromatic carbocycles. The van der Waals surface area contributed by atoms with Crippen molar-refractivity contribution in [3.63, 3.8) is 0 Å². The molecule has 0 amide bonds. The van der Waals surface area contributed by atoms with Gasteiger partial charge in [0.2, 0.25) is 10.0 Å². The van der Waals surface area contributed by atoms with Crippen molar-refractivity contribution in [2.24, 2.45) is 11.7 Å². The SMILES string of the molecule is COc1ccc(S(=O)(=O)N2CCC(C)CC2CN)cc1Cl. The zero-order valence-corrected chi connectivity index (χ0v) is 13.8. The van der Waals surface area contributed by atoms with Crippen molar-refractivity contribution < 1.29 is 13.2 Å². The van der Waals surface area contributed by atoms with E-state index < -0.39 is 10.0 Å². The number of nitrogens with two attached hydrogens (primary N) is 1. The Morgan fingerprint density at radius 2 is 2.19 bits per heavy atom. The average Bonchev–Trinajstić information content (AvgIpc) is 2.46. The molecule has 1 aromatic rings. The molecule has 0 bridgehead atoms. The first-order valence-electron chi connectivity index (χ1n) is 6.95. The number of halogens is 1. The number of rotatable bonds is 4. The number of nitrogens with zero attached hydrogens (tertiary/aromatic N) is 1. The zero-order valence-electron chi connectivity index (χ0n) is 12.3. The van der Waals surface area contributed by atoms with Crippen LogP contribution in [0.25, 0.3) is 0 Å². The molecule has 0 spiro atoms. The van der Waals surface area contributed by atoms with Crippen molar-refractivity contribution in [3.05, 3.63) is 23.2 Å². The highest BCUT2D eigenvalue weighted by molar-refractivity contribution is 7.89. The second kappa shape index (κ2) is 6.52. The normalized spacial score (nSPS) is 24.0. The van der Waals surface area contributed by atoms with Crippen LogP contribution in [0.1, 0.15) is 19.8 Å². The number of methoxy groups -OCH3 is 1. The molecule has 2 unspecified atom stereocenters. The minimum atomic E-state index is -3.58. The standard InChI is InChI=1S/C14H21ClN2O3S/c1-10-5-6-17(11(7-10)9-16)21(18,19)12-3-4-14(20-2)13(15)8-12/h3-4,8,10-11H,5-7,9,16H2,1-2H3. The fourth-order valence-electron chi connectivity index (χ4n) is 2.70. The third kappa shape index (κ3) is 3.34. The summed E-state index contributed by atoms with van der Waals surface area (Å²) in [4.78, 5) is 0.182. The lowest BCUT2D eigenvalue weighted by Gasteiger charge is -2.36. The molecule has 21 heavy (non-hydrogen) atoms. The molecule has 1 aliphatic heterocycles. The predicted octanol–water partition coefficient (Wildman–Crippen LogP) is 2.10. The molecule has 0 saturated carbocycles. The lowest BCUT2D eigenvalue weighted by Crippen LogP contribution is -2.49. The summed E-state index contributed by atoms with van der Waals surface area (Å²) < 4.78 is 32.1. The molecular formula is C14H21ClN2O3S. The lowest BCUT2D eigenvalue weighted by atomic mass is 9.94. The highest BCUT2D eigenvalue weighted by Gasteiger charge is 2.35. The van der Waals surface area contributed by atoms with E-state index in [1.807, 2.05) is 0 Å². The summed E-state index contributed by atoms with van der Waals surface area (Å²) in [6.07, 6.45) is 1.64. The van der Waals surface area contributed by atoms with Crippen molar-refractivity contribution in [1.29, 1.82) is 0 Å². The largest absolute Gasteiger partial charge is 0.495 e. The topological polar surface area (TPSA) is 72.6 Å². The molecule has 2 atom stereocenters. The third-order valence-corrected chi connectivity index (χ3v) is 6.17. The number of piperidine rings is 1. The predicted molar refractivity (Wildman–Crippen MR) is 83.1 cm³/mol. The van der Waals surface area contributed by atoms with E-state index >= 15 is 0 Å². The third-order valence-electron chi connectivity index (χ3n) is 3.93. The summed E-state index contributed by atoms with van der Waals surface area (Å²) in [6.45, 7) is 2.94. The van der Waals surface area contributed by atoms with Gasteiger partial charge in [-0.3, -0.25) is 0 Å². The second-order valence-electron chi connectivity index (χ2n) is 5.43. The van der Waals surface area contributed by atoms with Gasteiger partial charge in [-0.1, -0.05) is 18.5 Å². The Labute approximate surface area is 131 Å². The maximum absolute atomic E-state index is 12.8. The molecule has 0 radical (unpaired) electrons. The summed E-state index contributed by atoms with van der Waals surface area (Å²) in [7, 11) is -2.09. The summed E-state index contributed by atoms with van der Waals surface area (Å²) in [5.74, 6) is 0.947. The van der Waals surface area contributed by atoms with E-state index in [0.717, 1.165) is 12.8 Å². The van der Waals surface area contributed by atoms with Crippen LogP contribution in [-0.4, -0.2) is 39.0 Å². The van der Waals surface area contributed by atoms with Gasteiger partial charge in [-0.25, -0.2) is 8.42 Å². The first kappa shape index (κ1) is 16.5. The molecule has 5 nitrogen and oxygen atoms in total. The van der Waals surface area contributed by atoms with Crippen molar-refractivity contribution >= 4 is 21.6 Å². The van der Waals surface area contributed by atoms with E-state index in [1.54, 1.807) is 6.07 Å². The number of ether oxygens (including phenoxy) is 1. The lowest BCUT2D eigenvalue weighted by molar-refractivity contribution is 0.211. The Hall–Kier alpha value is -0.820. The summed E-state index contributed by atoms with van der Waals surface area (Å²) in [6, 6.07) is 4.37. The van der Waals surface area contributed by atoms with Gasteiger partial charge in [0.15, 0.2) is 0 Å². The van der Waals surface area contributed by atoms with Crippen LogP contribution in [-0.2, 0) is 10.0 Å². The minimum Gasteiger partial charge on any atom is -0.495 e. The van der Waals surface area contributed by atoms with Gasteiger partial charge in [0, 0.05) is 19.1 Å². The molecule has 1 fully saturated rings. The Morgan fingerprint density at radius 3 is 2.76 bits per heavy atom. The van der Waals surface area contributed by atoms with Crippen molar-refractivity contribution in [2.45, 2.75) is 30.7 Å². The Kier molecular flexibility index (Phi) is 5.14. The van der Waals surface area contributed by atoms with Crippen molar-refractivity contribution in [2.75, 3.05) is 20.2 Å². The number of hydrogen-bond donors (Lipinski definition) is 1. The van der Waals surface area contributed by atoms with Crippen molar-refractivity contribution in [3.8, 4) is 5.75 Å². The molecule has 7 heteroatoms. The van der Waals surface area contributed by atoms with E-state index in [0.29, 0.717) is 24.8 Å². The maximum atomic E-state index is 12.8. The first-order chi connectivity index (χ1) is 9.90. The van der Waals surface area contributed by atoms with Gasteiger partial charge in [0.25, 0.3) is 0 Å². The van der Waals surface area contributed by atoms with Crippen LogP contribution < -0.4 is 10.5 Å². The molecular weight excluding hydrogens is 312 g/mol. The summed E-state index contributed by atoms with van der Waals surface area (Å²) in [5, 5.41) is 0.285. The van der Waals surface area contributed by atoms with Crippen LogP contribution in [0.15, 0.2) is 23.1 Å². The quantitative estimate of drug-likeness (QED) is 0.916. The average molecular weight is 333 g/mol. The second-order valence-corrected chi connectivity index (χ2v) is 7.73. The van der Waals surface area contributed by atoms with E-state index in [1.165, 1.54) is 23.5 Å². The van der Waals surface area contributed by atoms with Crippen LogP contribution in [0.4, 0.5) is 0 Å².